The monoisotopic (exact) mass is 433 g/mol. The Balaban J connectivity index is 1.52. The number of anilines is 1. The number of hydrogen-bond donors (Lipinski definition) is 1. The van der Waals surface area contributed by atoms with E-state index in [4.69, 9.17) is 14.2 Å². The molecule has 6 heteroatoms. The number of methoxy groups -OCH3 is 1. The molecule has 1 N–H and O–H groups in total. The van der Waals surface area contributed by atoms with Gasteiger partial charge in [0.15, 0.2) is 11.5 Å². The van der Waals surface area contributed by atoms with Crippen LogP contribution in [0.1, 0.15) is 34.8 Å². The number of ether oxygens (including phenoxy) is 3. The minimum atomic E-state index is -0.352. The molecule has 0 spiro atoms. The summed E-state index contributed by atoms with van der Waals surface area (Å²) in [6.07, 6.45) is 0.728. The van der Waals surface area contributed by atoms with Gasteiger partial charge in [0, 0.05) is 17.7 Å². The van der Waals surface area contributed by atoms with Gasteiger partial charge in [-0.3, -0.25) is 9.59 Å². The Labute approximate surface area is 188 Å². The molecular weight excluding hydrogens is 406 g/mol. The molecule has 0 atom stereocenters. The summed E-state index contributed by atoms with van der Waals surface area (Å²) in [6.45, 7) is 4.45. The predicted octanol–water partition coefficient (Wildman–Crippen LogP) is 5.19. The van der Waals surface area contributed by atoms with E-state index in [0.717, 1.165) is 16.8 Å². The minimum Gasteiger partial charge on any atom is -0.493 e. The quantitative estimate of drug-likeness (QED) is 0.371. The van der Waals surface area contributed by atoms with Crippen molar-refractivity contribution in [2.75, 3.05) is 19.0 Å². The fourth-order valence-corrected chi connectivity index (χ4v) is 3.09. The number of benzene rings is 3. The standard InChI is InChI=1S/C26H27NO5/c1-4-31-23-15-7-19(17-24(23)30-3)8-16-25(28)32-22-13-9-20(10-14-22)26(29)27-21-11-5-18(2)6-12-21/h5-7,9-15,17H,4,8,16H2,1-3H3,(H,27,29). The normalized spacial score (nSPS) is 10.3. The summed E-state index contributed by atoms with van der Waals surface area (Å²) >= 11 is 0. The van der Waals surface area contributed by atoms with Gasteiger partial charge in [-0.1, -0.05) is 23.8 Å². The van der Waals surface area contributed by atoms with Gasteiger partial charge in [0.1, 0.15) is 5.75 Å². The van der Waals surface area contributed by atoms with Crippen LogP contribution in [-0.2, 0) is 11.2 Å². The third kappa shape index (κ3) is 6.35. The summed E-state index contributed by atoms with van der Waals surface area (Å²) in [4.78, 5) is 24.6. The van der Waals surface area contributed by atoms with Crippen molar-refractivity contribution in [1.82, 2.24) is 0 Å². The highest BCUT2D eigenvalue weighted by atomic mass is 16.5. The first-order valence-corrected chi connectivity index (χ1v) is 10.5. The second kappa shape index (κ2) is 11.0. The summed E-state index contributed by atoms with van der Waals surface area (Å²) in [6, 6.07) is 19.7. The van der Waals surface area contributed by atoms with Gasteiger partial charge < -0.3 is 19.5 Å². The van der Waals surface area contributed by atoms with E-state index in [1.54, 1.807) is 31.4 Å². The maximum atomic E-state index is 12.4. The molecule has 0 aromatic heterocycles. The van der Waals surface area contributed by atoms with Gasteiger partial charge in [0.05, 0.1) is 13.7 Å². The number of hydrogen-bond acceptors (Lipinski definition) is 5. The smallest absolute Gasteiger partial charge is 0.311 e. The van der Waals surface area contributed by atoms with E-state index < -0.39 is 0 Å². The molecule has 0 saturated heterocycles. The van der Waals surface area contributed by atoms with E-state index in [2.05, 4.69) is 5.32 Å². The Morgan fingerprint density at radius 3 is 2.28 bits per heavy atom. The van der Waals surface area contributed by atoms with Crippen LogP contribution in [0.4, 0.5) is 5.69 Å². The lowest BCUT2D eigenvalue weighted by Gasteiger charge is -2.11. The van der Waals surface area contributed by atoms with Crippen LogP contribution in [-0.4, -0.2) is 25.6 Å². The van der Waals surface area contributed by atoms with E-state index in [1.807, 2.05) is 56.3 Å². The first-order valence-electron chi connectivity index (χ1n) is 10.5. The number of nitrogens with one attached hydrogen (secondary N) is 1. The van der Waals surface area contributed by atoms with Crippen molar-refractivity contribution < 1.29 is 23.8 Å². The maximum absolute atomic E-state index is 12.4. The fraction of sp³-hybridized carbons (Fsp3) is 0.231. The van der Waals surface area contributed by atoms with Crippen molar-refractivity contribution in [1.29, 1.82) is 0 Å². The highest BCUT2D eigenvalue weighted by Crippen LogP contribution is 2.28. The third-order valence-electron chi connectivity index (χ3n) is 4.80. The largest absolute Gasteiger partial charge is 0.493 e. The Hall–Kier alpha value is -3.80. The van der Waals surface area contributed by atoms with E-state index in [-0.39, 0.29) is 18.3 Å². The number of esters is 1. The molecule has 0 aliphatic rings. The molecule has 0 bridgehead atoms. The Morgan fingerprint density at radius 2 is 1.62 bits per heavy atom. The van der Waals surface area contributed by atoms with Crippen LogP contribution < -0.4 is 19.5 Å². The van der Waals surface area contributed by atoms with E-state index in [9.17, 15) is 9.59 Å². The van der Waals surface area contributed by atoms with Gasteiger partial charge >= 0.3 is 5.97 Å². The fourth-order valence-electron chi connectivity index (χ4n) is 3.09. The van der Waals surface area contributed by atoms with Gasteiger partial charge in [0.25, 0.3) is 5.91 Å². The zero-order valence-corrected chi connectivity index (χ0v) is 18.5. The van der Waals surface area contributed by atoms with Gasteiger partial charge in [-0.15, -0.1) is 0 Å². The lowest BCUT2D eigenvalue weighted by molar-refractivity contribution is -0.134. The van der Waals surface area contributed by atoms with Crippen LogP contribution in [0.25, 0.3) is 0 Å². The summed E-state index contributed by atoms with van der Waals surface area (Å²) < 4.78 is 16.2. The van der Waals surface area contributed by atoms with Crippen LogP contribution in [0.15, 0.2) is 66.7 Å². The first kappa shape index (κ1) is 22.9. The molecule has 0 saturated carbocycles. The number of amides is 1. The van der Waals surface area contributed by atoms with Crippen LogP contribution in [0.5, 0.6) is 17.2 Å². The van der Waals surface area contributed by atoms with Gasteiger partial charge in [-0.2, -0.15) is 0 Å². The topological polar surface area (TPSA) is 73.9 Å². The van der Waals surface area contributed by atoms with Crippen molar-refractivity contribution in [3.63, 3.8) is 0 Å². The molecule has 0 radical (unpaired) electrons. The van der Waals surface area contributed by atoms with Gasteiger partial charge in [0.2, 0.25) is 0 Å². The van der Waals surface area contributed by atoms with E-state index in [1.165, 1.54) is 0 Å². The minimum absolute atomic E-state index is 0.215. The number of carbonyl (C=O) groups is 2. The lowest BCUT2D eigenvalue weighted by atomic mass is 10.1. The highest BCUT2D eigenvalue weighted by molar-refractivity contribution is 6.04. The SMILES string of the molecule is CCOc1ccc(CCC(=O)Oc2ccc(C(=O)Nc3ccc(C)cc3)cc2)cc1OC. The molecule has 1 amide bonds. The highest BCUT2D eigenvalue weighted by Gasteiger charge is 2.11. The Morgan fingerprint density at radius 1 is 0.906 bits per heavy atom. The predicted molar refractivity (Wildman–Crippen MR) is 124 cm³/mol. The van der Waals surface area contributed by atoms with E-state index in [0.29, 0.717) is 35.8 Å². The Bertz CT molecular complexity index is 1060. The van der Waals surface area contributed by atoms with Crippen molar-refractivity contribution in [3.8, 4) is 17.2 Å². The summed E-state index contributed by atoms with van der Waals surface area (Å²) in [5, 5.41) is 2.84. The Kier molecular flexibility index (Phi) is 7.86. The van der Waals surface area contributed by atoms with Crippen LogP contribution in [0, 0.1) is 6.92 Å². The molecule has 0 aliphatic carbocycles. The van der Waals surface area contributed by atoms with Crippen molar-refractivity contribution >= 4 is 17.6 Å². The number of aryl methyl sites for hydroxylation is 2. The summed E-state index contributed by atoms with van der Waals surface area (Å²) in [5.41, 5.74) is 3.27. The molecule has 3 rings (SSSR count). The molecule has 3 aromatic carbocycles. The average Bonchev–Trinajstić information content (AvgIpc) is 2.80. The molecule has 166 valence electrons. The molecule has 3 aromatic rings. The van der Waals surface area contributed by atoms with Crippen molar-refractivity contribution in [2.45, 2.75) is 26.7 Å². The molecule has 0 heterocycles. The zero-order chi connectivity index (χ0) is 22.9. The summed E-state index contributed by atoms with van der Waals surface area (Å²) in [7, 11) is 1.58. The molecule has 0 unspecified atom stereocenters. The van der Waals surface area contributed by atoms with Crippen LogP contribution in [0.2, 0.25) is 0 Å². The maximum Gasteiger partial charge on any atom is 0.311 e. The number of carbonyl (C=O) groups excluding carboxylic acids is 2. The summed E-state index contributed by atoms with van der Waals surface area (Å²) in [5.74, 6) is 1.13. The molecule has 0 fully saturated rings. The molecule has 0 aliphatic heterocycles. The molecule has 6 nitrogen and oxygen atoms in total. The molecule has 32 heavy (non-hydrogen) atoms. The number of rotatable bonds is 9. The lowest BCUT2D eigenvalue weighted by Crippen LogP contribution is -2.12. The zero-order valence-electron chi connectivity index (χ0n) is 18.5. The van der Waals surface area contributed by atoms with Crippen molar-refractivity contribution in [2.24, 2.45) is 0 Å². The van der Waals surface area contributed by atoms with Crippen LogP contribution >= 0.6 is 0 Å². The van der Waals surface area contributed by atoms with E-state index >= 15 is 0 Å². The van der Waals surface area contributed by atoms with Crippen LogP contribution in [0.3, 0.4) is 0 Å². The average molecular weight is 434 g/mol. The van der Waals surface area contributed by atoms with Gasteiger partial charge in [-0.05, 0) is 74.4 Å². The van der Waals surface area contributed by atoms with Crippen molar-refractivity contribution in [3.05, 3.63) is 83.4 Å². The second-order valence-electron chi connectivity index (χ2n) is 7.24. The third-order valence-corrected chi connectivity index (χ3v) is 4.80. The van der Waals surface area contributed by atoms with Gasteiger partial charge in [-0.25, -0.2) is 0 Å². The second-order valence-corrected chi connectivity index (χ2v) is 7.24. The molecular formula is C26H27NO5. The first-order chi connectivity index (χ1) is 15.5.